The number of nitrogens with zero attached hydrogens (tertiary/aromatic N) is 3. The Bertz CT molecular complexity index is 862. The van der Waals surface area contributed by atoms with E-state index < -0.39 is 5.41 Å². The molecule has 0 bridgehead atoms. The molecule has 0 unspecified atom stereocenters. The van der Waals surface area contributed by atoms with Gasteiger partial charge in [-0.05, 0) is 65.0 Å². The molecule has 0 radical (unpaired) electrons. The van der Waals surface area contributed by atoms with Gasteiger partial charge in [-0.1, -0.05) is 24.3 Å². The predicted octanol–water partition coefficient (Wildman–Crippen LogP) is 3.88. The van der Waals surface area contributed by atoms with Gasteiger partial charge in [0.2, 0.25) is 0 Å². The summed E-state index contributed by atoms with van der Waals surface area (Å²) in [5, 5.41) is 29.4. The number of halogens is 1. The predicted molar refractivity (Wildman–Crippen MR) is 97.8 cm³/mol. The van der Waals surface area contributed by atoms with Gasteiger partial charge in [0.1, 0.15) is 6.07 Å². The first-order chi connectivity index (χ1) is 11.6. The minimum atomic E-state index is -1.51. The van der Waals surface area contributed by atoms with Crippen LogP contribution < -0.4 is 5.73 Å². The number of nitrogens with two attached hydrogens (primary N) is 1. The maximum absolute atomic E-state index is 9.92. The fraction of sp³-hybridized carbons (Fsp3) is 0.316. The summed E-state index contributed by atoms with van der Waals surface area (Å²) in [5.74, 6) is -0.389. The number of hydrogen-bond acceptors (Lipinski definition) is 4. The van der Waals surface area contributed by atoms with E-state index in [2.05, 4.69) is 46.9 Å². The van der Waals surface area contributed by atoms with Gasteiger partial charge in [0, 0.05) is 9.49 Å². The third kappa shape index (κ3) is 2.22. The van der Waals surface area contributed by atoms with Gasteiger partial charge >= 0.3 is 0 Å². The minimum absolute atomic E-state index is 0.0316. The molecule has 0 fully saturated rings. The zero-order valence-electron chi connectivity index (χ0n) is 13.0. The average Bonchev–Trinajstić information content (AvgIpc) is 2.62. The summed E-state index contributed by atoms with van der Waals surface area (Å²) in [5.41, 5.74) is 7.03. The first-order valence-corrected chi connectivity index (χ1v) is 8.86. The summed E-state index contributed by atoms with van der Waals surface area (Å²) >= 11 is 2.24. The van der Waals surface area contributed by atoms with Gasteiger partial charge in [-0.25, -0.2) is 0 Å². The molecule has 0 spiro atoms. The molecule has 0 saturated carbocycles. The molecular weight excluding hydrogens is 411 g/mol. The second kappa shape index (κ2) is 6.30. The number of hydrogen-bond donors (Lipinski definition) is 1. The van der Waals surface area contributed by atoms with Crippen molar-refractivity contribution in [3.63, 3.8) is 0 Å². The monoisotopic (exact) mass is 426 g/mol. The molecular formula is C19H15IN4. The summed E-state index contributed by atoms with van der Waals surface area (Å²) in [6, 6.07) is 14.3. The Kier molecular flexibility index (Phi) is 4.35. The van der Waals surface area contributed by atoms with Crippen LogP contribution in [0.1, 0.15) is 30.7 Å². The van der Waals surface area contributed by atoms with Gasteiger partial charge in [-0.15, -0.1) is 0 Å². The molecule has 1 aromatic carbocycles. The van der Waals surface area contributed by atoms with Crippen LogP contribution in [-0.4, -0.2) is 0 Å². The van der Waals surface area contributed by atoms with E-state index in [9.17, 15) is 15.8 Å². The van der Waals surface area contributed by atoms with Crippen LogP contribution in [0.5, 0.6) is 0 Å². The molecule has 0 aromatic heterocycles. The second-order valence-corrected chi connectivity index (χ2v) is 7.29. The highest BCUT2D eigenvalue weighted by molar-refractivity contribution is 14.1. The number of rotatable bonds is 1. The number of fused-ring (bicyclic) bond motifs is 1. The summed E-state index contributed by atoms with van der Waals surface area (Å²) in [4.78, 5) is 0. The standard InChI is InChI=1S/C19H15IN4/c20-16-8-4-3-7-14(16)17-13-6-2-1-5-12(13)15(9-21)18(24)19(17,10-22)11-23/h3-5,7-8,13,17H,1-2,6,24H2/t13-,17+/m1/s1. The Labute approximate surface area is 155 Å². The van der Waals surface area contributed by atoms with Crippen molar-refractivity contribution in [1.29, 1.82) is 15.8 Å². The average molecular weight is 426 g/mol. The molecule has 5 heteroatoms. The first kappa shape index (κ1) is 16.6. The Morgan fingerprint density at radius 2 is 1.88 bits per heavy atom. The zero-order chi connectivity index (χ0) is 17.3. The van der Waals surface area contributed by atoms with E-state index in [4.69, 9.17) is 5.73 Å². The van der Waals surface area contributed by atoms with Crippen molar-refractivity contribution in [3.8, 4) is 18.2 Å². The molecule has 2 aliphatic carbocycles. The quantitative estimate of drug-likeness (QED) is 0.689. The molecule has 0 saturated heterocycles. The van der Waals surface area contributed by atoms with Gasteiger partial charge in [-0.3, -0.25) is 0 Å². The van der Waals surface area contributed by atoms with E-state index in [0.29, 0.717) is 5.57 Å². The summed E-state index contributed by atoms with van der Waals surface area (Å²) < 4.78 is 1.01. The van der Waals surface area contributed by atoms with Crippen molar-refractivity contribution >= 4 is 22.6 Å². The highest BCUT2D eigenvalue weighted by Gasteiger charge is 2.54. The van der Waals surface area contributed by atoms with E-state index in [0.717, 1.165) is 34.0 Å². The molecule has 118 valence electrons. The van der Waals surface area contributed by atoms with Gasteiger partial charge < -0.3 is 5.73 Å². The molecule has 2 atom stereocenters. The van der Waals surface area contributed by atoms with Crippen LogP contribution in [-0.2, 0) is 0 Å². The maximum atomic E-state index is 9.92. The van der Waals surface area contributed by atoms with Crippen LogP contribution in [0.2, 0.25) is 0 Å². The van der Waals surface area contributed by atoms with Crippen LogP contribution in [0.15, 0.2) is 47.2 Å². The lowest BCUT2D eigenvalue weighted by Gasteiger charge is -2.43. The van der Waals surface area contributed by atoms with E-state index in [-0.39, 0.29) is 17.5 Å². The van der Waals surface area contributed by atoms with Crippen LogP contribution in [0, 0.1) is 48.9 Å². The molecule has 2 N–H and O–H groups in total. The van der Waals surface area contributed by atoms with Gasteiger partial charge in [0.25, 0.3) is 0 Å². The molecule has 2 aliphatic rings. The summed E-state index contributed by atoms with van der Waals surface area (Å²) in [7, 11) is 0. The Morgan fingerprint density at radius 3 is 2.50 bits per heavy atom. The number of nitriles is 3. The largest absolute Gasteiger partial charge is 0.399 e. The highest BCUT2D eigenvalue weighted by Crippen LogP contribution is 2.56. The first-order valence-electron chi connectivity index (χ1n) is 7.78. The summed E-state index contributed by atoms with van der Waals surface area (Å²) in [6.07, 6.45) is 4.79. The van der Waals surface area contributed by atoms with Crippen molar-refractivity contribution in [2.24, 2.45) is 17.1 Å². The SMILES string of the molecule is N#CC1=C(N)C(C#N)(C#N)[C@H](c2ccccc2I)[C@@H]2CCCC=C12. The molecule has 24 heavy (non-hydrogen) atoms. The normalized spacial score (nSPS) is 24.8. The van der Waals surface area contributed by atoms with Crippen molar-refractivity contribution < 1.29 is 0 Å². The fourth-order valence-corrected chi connectivity index (χ4v) is 4.67. The molecule has 3 rings (SSSR count). The second-order valence-electron chi connectivity index (χ2n) is 6.13. The number of allylic oxidation sites excluding steroid dienone is 4. The van der Waals surface area contributed by atoms with Gasteiger partial charge in [-0.2, -0.15) is 15.8 Å². The fourth-order valence-electron chi connectivity index (χ4n) is 3.94. The van der Waals surface area contributed by atoms with Crippen molar-refractivity contribution in [1.82, 2.24) is 0 Å². The van der Waals surface area contributed by atoms with Crippen LogP contribution >= 0.6 is 22.6 Å². The highest BCUT2D eigenvalue weighted by atomic mass is 127. The van der Waals surface area contributed by atoms with Crippen LogP contribution in [0.4, 0.5) is 0 Å². The Morgan fingerprint density at radius 1 is 1.17 bits per heavy atom. The molecule has 0 heterocycles. The van der Waals surface area contributed by atoms with Crippen LogP contribution in [0.25, 0.3) is 0 Å². The molecule has 0 amide bonds. The zero-order valence-corrected chi connectivity index (χ0v) is 15.1. The smallest absolute Gasteiger partial charge is 0.191 e. The molecule has 1 aromatic rings. The lowest BCUT2D eigenvalue weighted by molar-refractivity contribution is 0.316. The number of benzene rings is 1. The van der Waals surface area contributed by atoms with E-state index >= 15 is 0 Å². The lowest BCUT2D eigenvalue weighted by atomic mass is 9.57. The van der Waals surface area contributed by atoms with E-state index in [1.807, 2.05) is 24.3 Å². The Hall–Kier alpha value is -2.30. The van der Waals surface area contributed by atoms with Crippen molar-refractivity contribution in [2.75, 3.05) is 0 Å². The van der Waals surface area contributed by atoms with E-state index in [1.165, 1.54) is 0 Å². The topological polar surface area (TPSA) is 97.4 Å². The lowest BCUT2D eigenvalue weighted by Crippen LogP contribution is -2.43. The minimum Gasteiger partial charge on any atom is -0.399 e. The Balaban J connectivity index is 2.37. The maximum Gasteiger partial charge on any atom is 0.191 e. The van der Waals surface area contributed by atoms with Crippen LogP contribution in [0.3, 0.4) is 0 Å². The van der Waals surface area contributed by atoms with E-state index in [1.54, 1.807) is 0 Å². The third-order valence-electron chi connectivity index (χ3n) is 5.04. The van der Waals surface area contributed by atoms with Crippen molar-refractivity contribution in [3.05, 3.63) is 56.3 Å². The summed E-state index contributed by atoms with van der Waals surface area (Å²) in [6.45, 7) is 0. The third-order valence-corrected chi connectivity index (χ3v) is 6.02. The molecule has 0 aliphatic heterocycles. The molecule has 4 nitrogen and oxygen atoms in total. The van der Waals surface area contributed by atoms with Gasteiger partial charge in [0.05, 0.1) is 23.4 Å². The van der Waals surface area contributed by atoms with Crippen molar-refractivity contribution in [2.45, 2.75) is 25.2 Å². The van der Waals surface area contributed by atoms with Gasteiger partial charge in [0.15, 0.2) is 5.41 Å².